The van der Waals surface area contributed by atoms with E-state index in [1.165, 1.54) is 51.4 Å². The third-order valence-corrected chi connectivity index (χ3v) is 4.98. The first-order valence-electron chi connectivity index (χ1n) is 10.8. The number of carbonyl (C=O) groups excluding carboxylic acids is 1. The van der Waals surface area contributed by atoms with Crippen LogP contribution in [0, 0.1) is 0 Å². The zero-order chi connectivity index (χ0) is 20.3. The fourth-order valence-corrected chi connectivity index (χ4v) is 3.38. The Balaban J connectivity index is 4.15. The Kier molecular flexibility index (Phi) is 17.5. The molecule has 0 aromatic rings. The minimum absolute atomic E-state index is 0.107. The number of unbranched alkanes of at least 4 members (excludes halogenated alkanes) is 9. The van der Waals surface area contributed by atoms with Gasteiger partial charge in [-0.1, -0.05) is 64.7 Å². The van der Waals surface area contributed by atoms with Crippen molar-refractivity contribution in [3.63, 3.8) is 0 Å². The molecule has 0 aromatic carbocycles. The quantitative estimate of drug-likeness (QED) is 0.309. The van der Waals surface area contributed by atoms with E-state index in [-0.39, 0.29) is 12.8 Å². The Morgan fingerprint density at radius 3 is 1.93 bits per heavy atom. The molecule has 0 aliphatic carbocycles. The zero-order valence-electron chi connectivity index (χ0n) is 17.6. The van der Waals surface area contributed by atoms with Crippen LogP contribution in [0.15, 0.2) is 0 Å². The molecule has 1 amide bonds. The molecule has 6 nitrogen and oxygen atoms in total. The molecular weight excluding hydrogens is 344 g/mol. The van der Waals surface area contributed by atoms with Gasteiger partial charge in [-0.05, 0) is 25.8 Å². The van der Waals surface area contributed by atoms with Crippen LogP contribution in [0.25, 0.3) is 0 Å². The van der Waals surface area contributed by atoms with Crippen LogP contribution in [0.2, 0.25) is 0 Å². The summed E-state index contributed by atoms with van der Waals surface area (Å²) < 4.78 is 5.09. The number of aliphatic carboxylic acids is 1. The lowest BCUT2D eigenvalue weighted by Crippen LogP contribution is -2.43. The van der Waals surface area contributed by atoms with Gasteiger partial charge in [-0.15, -0.1) is 0 Å². The smallest absolute Gasteiger partial charge is 0.320 e. The maximum Gasteiger partial charge on any atom is 0.320 e. The number of nitrogens with zero attached hydrogens (tertiary/aromatic N) is 1. The Morgan fingerprint density at radius 1 is 0.926 bits per heavy atom. The lowest BCUT2D eigenvalue weighted by molar-refractivity contribution is -0.143. The summed E-state index contributed by atoms with van der Waals surface area (Å²) >= 11 is 0. The second-order valence-corrected chi connectivity index (χ2v) is 7.42. The number of hydrogen-bond acceptors (Lipinski definition) is 4. The summed E-state index contributed by atoms with van der Waals surface area (Å²) in [6.07, 6.45) is 13.7. The summed E-state index contributed by atoms with van der Waals surface area (Å²) in [4.78, 5) is 24.7. The summed E-state index contributed by atoms with van der Waals surface area (Å²) in [5.74, 6) is -1.32. The number of rotatable bonds is 20. The van der Waals surface area contributed by atoms with Crippen molar-refractivity contribution in [2.75, 3.05) is 26.8 Å². The highest BCUT2D eigenvalue weighted by Crippen LogP contribution is 2.14. The molecule has 0 aliphatic heterocycles. The molecule has 1 atom stereocenters. The summed E-state index contributed by atoms with van der Waals surface area (Å²) in [6, 6.07) is -0.645. The predicted octanol–water partition coefficient (Wildman–Crippen LogP) is 3.96. The number of carbonyl (C=O) groups is 2. The highest BCUT2D eigenvalue weighted by molar-refractivity contribution is 5.77. The number of ether oxygens (including phenoxy) is 1. The summed E-state index contributed by atoms with van der Waals surface area (Å²) in [7, 11) is 1.65. The van der Waals surface area contributed by atoms with Crippen molar-refractivity contribution in [3.05, 3.63) is 0 Å². The van der Waals surface area contributed by atoms with Gasteiger partial charge in [-0.3, -0.25) is 14.5 Å². The van der Waals surface area contributed by atoms with E-state index in [9.17, 15) is 14.7 Å². The summed E-state index contributed by atoms with van der Waals surface area (Å²) in [6.45, 7) is 4.26. The van der Waals surface area contributed by atoms with E-state index in [2.05, 4.69) is 6.92 Å². The lowest BCUT2D eigenvalue weighted by Gasteiger charge is -2.28. The van der Waals surface area contributed by atoms with Crippen LogP contribution >= 0.6 is 0 Å². The molecule has 0 saturated heterocycles. The molecule has 0 bridgehead atoms. The number of carboxylic acids is 1. The highest BCUT2D eigenvalue weighted by atomic mass is 16.5. The van der Waals surface area contributed by atoms with E-state index in [1.54, 1.807) is 7.11 Å². The molecule has 0 aromatic heterocycles. The van der Waals surface area contributed by atoms with Crippen LogP contribution in [0.3, 0.4) is 0 Å². The number of methoxy groups -OCH3 is 1. The van der Waals surface area contributed by atoms with Gasteiger partial charge < -0.3 is 15.6 Å². The molecule has 0 unspecified atom stereocenters. The molecule has 0 saturated carbocycles. The summed E-state index contributed by atoms with van der Waals surface area (Å²) in [5.41, 5.74) is 5.20. The number of amides is 1. The van der Waals surface area contributed by atoms with Crippen molar-refractivity contribution < 1.29 is 19.4 Å². The SMILES string of the molecule is CCCCCCCCCCCCN(CCCOC)[C@@H](CCC(N)=O)C(=O)O. The van der Waals surface area contributed by atoms with Gasteiger partial charge in [0.1, 0.15) is 6.04 Å². The van der Waals surface area contributed by atoms with E-state index >= 15 is 0 Å². The molecule has 0 rings (SSSR count). The molecule has 27 heavy (non-hydrogen) atoms. The van der Waals surface area contributed by atoms with Crippen LogP contribution in [0.1, 0.15) is 90.4 Å². The van der Waals surface area contributed by atoms with Crippen molar-refractivity contribution in [2.24, 2.45) is 5.73 Å². The van der Waals surface area contributed by atoms with Gasteiger partial charge in [0.05, 0.1) is 0 Å². The maximum absolute atomic E-state index is 11.6. The molecule has 3 N–H and O–H groups in total. The van der Waals surface area contributed by atoms with Gasteiger partial charge in [0.2, 0.25) is 5.91 Å². The average Bonchev–Trinajstić information content (AvgIpc) is 2.62. The third-order valence-electron chi connectivity index (χ3n) is 4.98. The van der Waals surface area contributed by atoms with Crippen LogP contribution in [-0.2, 0) is 14.3 Å². The maximum atomic E-state index is 11.6. The number of hydrogen-bond donors (Lipinski definition) is 2. The summed E-state index contributed by atoms with van der Waals surface area (Å²) in [5, 5.41) is 9.55. The molecule has 160 valence electrons. The Labute approximate surface area is 165 Å². The zero-order valence-corrected chi connectivity index (χ0v) is 17.6. The van der Waals surface area contributed by atoms with Crippen LogP contribution in [0.4, 0.5) is 0 Å². The number of primary amides is 1. The predicted molar refractivity (Wildman–Crippen MR) is 110 cm³/mol. The van der Waals surface area contributed by atoms with Gasteiger partial charge in [-0.25, -0.2) is 0 Å². The highest BCUT2D eigenvalue weighted by Gasteiger charge is 2.25. The molecule has 0 heterocycles. The number of carboxylic acid groups (broad SMARTS) is 1. The van der Waals surface area contributed by atoms with Crippen LogP contribution in [-0.4, -0.2) is 54.7 Å². The monoisotopic (exact) mass is 386 g/mol. The molecular formula is C21H42N2O4. The number of nitrogens with two attached hydrogens (primary N) is 1. The lowest BCUT2D eigenvalue weighted by atomic mass is 10.1. The van der Waals surface area contributed by atoms with Gasteiger partial charge in [-0.2, -0.15) is 0 Å². The van der Waals surface area contributed by atoms with Crippen molar-refractivity contribution in [3.8, 4) is 0 Å². The third kappa shape index (κ3) is 15.6. The van der Waals surface area contributed by atoms with Crippen molar-refractivity contribution >= 4 is 11.9 Å². The first-order chi connectivity index (χ1) is 13.0. The molecule has 0 radical (unpaired) electrons. The van der Waals surface area contributed by atoms with Crippen LogP contribution in [0.5, 0.6) is 0 Å². The molecule has 0 fully saturated rings. The topological polar surface area (TPSA) is 92.9 Å². The van der Waals surface area contributed by atoms with Gasteiger partial charge >= 0.3 is 5.97 Å². The fourth-order valence-electron chi connectivity index (χ4n) is 3.38. The normalized spacial score (nSPS) is 12.4. The van der Waals surface area contributed by atoms with Crippen molar-refractivity contribution in [1.82, 2.24) is 4.90 Å². The second kappa shape index (κ2) is 18.2. The largest absolute Gasteiger partial charge is 0.480 e. The Hall–Kier alpha value is -1.14. The van der Waals surface area contributed by atoms with Gasteiger partial charge in [0, 0.05) is 26.7 Å². The van der Waals surface area contributed by atoms with Crippen molar-refractivity contribution in [1.29, 1.82) is 0 Å². The van der Waals surface area contributed by atoms with E-state index in [4.69, 9.17) is 10.5 Å². The Morgan fingerprint density at radius 2 is 1.44 bits per heavy atom. The molecule has 0 aliphatic rings. The Bertz CT molecular complexity index is 377. The molecule has 6 heteroatoms. The van der Waals surface area contributed by atoms with E-state index in [1.807, 2.05) is 4.90 Å². The average molecular weight is 387 g/mol. The fraction of sp³-hybridized carbons (Fsp3) is 0.905. The first-order valence-corrected chi connectivity index (χ1v) is 10.8. The van der Waals surface area contributed by atoms with Gasteiger partial charge in [0.15, 0.2) is 0 Å². The standard InChI is InChI=1S/C21H42N2O4/c1-3-4-5-6-7-8-9-10-11-12-16-23(17-13-18-27-2)19(21(25)26)14-15-20(22)24/h19H,3-18H2,1-2H3,(H2,22,24)(H,25,26)/t19-/m0/s1. The van der Waals surface area contributed by atoms with Crippen molar-refractivity contribution in [2.45, 2.75) is 96.4 Å². The van der Waals surface area contributed by atoms with E-state index in [0.29, 0.717) is 13.2 Å². The minimum atomic E-state index is -0.874. The van der Waals surface area contributed by atoms with E-state index < -0.39 is 17.9 Å². The van der Waals surface area contributed by atoms with E-state index in [0.717, 1.165) is 25.8 Å². The first kappa shape index (κ1) is 25.9. The van der Waals surface area contributed by atoms with Crippen LogP contribution < -0.4 is 5.73 Å². The molecule has 0 spiro atoms. The van der Waals surface area contributed by atoms with Gasteiger partial charge in [0.25, 0.3) is 0 Å². The second-order valence-electron chi connectivity index (χ2n) is 7.42. The minimum Gasteiger partial charge on any atom is -0.480 e.